The monoisotopic (exact) mass is 243 g/mol. The lowest BCUT2D eigenvalue weighted by molar-refractivity contribution is 0.0372. The molecule has 18 heavy (non-hydrogen) atoms. The lowest BCUT2D eigenvalue weighted by Crippen LogP contribution is -2.64. The van der Waals surface area contributed by atoms with Gasteiger partial charge in [-0.05, 0) is 24.3 Å². The molecule has 4 rings (SSSR count). The molecule has 1 saturated heterocycles. The van der Waals surface area contributed by atoms with E-state index >= 15 is 0 Å². The van der Waals surface area contributed by atoms with Crippen molar-refractivity contribution in [2.75, 3.05) is 25.0 Å². The molecule has 2 N–H and O–H groups in total. The molecule has 0 atom stereocenters. The SMILES string of the molecule is CN(c1ncnc2[nH]ccc12)C1CC2(CNC2)C1. The van der Waals surface area contributed by atoms with Crippen molar-refractivity contribution in [1.29, 1.82) is 0 Å². The fraction of sp³-hybridized carbons (Fsp3) is 0.538. The number of aromatic nitrogens is 3. The molecule has 3 heterocycles. The summed E-state index contributed by atoms with van der Waals surface area (Å²) in [5.74, 6) is 1.05. The second-order valence-corrected chi connectivity index (χ2v) is 5.71. The summed E-state index contributed by atoms with van der Waals surface area (Å²) >= 11 is 0. The highest BCUT2D eigenvalue weighted by Crippen LogP contribution is 2.47. The average molecular weight is 243 g/mol. The molecule has 1 spiro atoms. The molecule has 5 nitrogen and oxygen atoms in total. The largest absolute Gasteiger partial charge is 0.356 e. The first-order chi connectivity index (χ1) is 8.77. The first kappa shape index (κ1) is 10.3. The number of H-pyrrole nitrogens is 1. The predicted molar refractivity (Wildman–Crippen MR) is 70.6 cm³/mol. The van der Waals surface area contributed by atoms with Gasteiger partial charge in [0.15, 0.2) is 0 Å². The van der Waals surface area contributed by atoms with E-state index < -0.39 is 0 Å². The third-order valence-electron chi connectivity index (χ3n) is 4.55. The third-order valence-corrected chi connectivity index (χ3v) is 4.55. The molecule has 0 amide bonds. The van der Waals surface area contributed by atoms with Crippen LogP contribution in [0.1, 0.15) is 12.8 Å². The van der Waals surface area contributed by atoms with Crippen LogP contribution >= 0.6 is 0 Å². The van der Waals surface area contributed by atoms with Gasteiger partial charge in [0.05, 0.1) is 5.39 Å². The molecular weight excluding hydrogens is 226 g/mol. The van der Waals surface area contributed by atoms with Crippen LogP contribution in [0.2, 0.25) is 0 Å². The highest BCUT2D eigenvalue weighted by Gasteiger charge is 2.49. The van der Waals surface area contributed by atoms with Crippen LogP contribution in [0, 0.1) is 5.41 Å². The van der Waals surface area contributed by atoms with Crippen molar-refractivity contribution < 1.29 is 0 Å². The van der Waals surface area contributed by atoms with Crippen LogP contribution in [0.3, 0.4) is 0 Å². The van der Waals surface area contributed by atoms with Gasteiger partial charge in [-0.3, -0.25) is 0 Å². The number of rotatable bonds is 2. The van der Waals surface area contributed by atoms with E-state index in [9.17, 15) is 0 Å². The van der Waals surface area contributed by atoms with E-state index in [0.717, 1.165) is 16.9 Å². The van der Waals surface area contributed by atoms with E-state index in [1.165, 1.54) is 25.9 Å². The molecule has 0 unspecified atom stereocenters. The van der Waals surface area contributed by atoms with Gasteiger partial charge in [-0.15, -0.1) is 0 Å². The Kier molecular flexibility index (Phi) is 1.97. The van der Waals surface area contributed by atoms with Crippen LogP contribution in [0.15, 0.2) is 18.6 Å². The minimum atomic E-state index is 0.600. The van der Waals surface area contributed by atoms with Crippen LogP contribution in [-0.4, -0.2) is 41.1 Å². The lowest BCUT2D eigenvalue weighted by atomic mass is 9.61. The van der Waals surface area contributed by atoms with Crippen molar-refractivity contribution in [3.8, 4) is 0 Å². The Morgan fingerprint density at radius 2 is 2.17 bits per heavy atom. The highest BCUT2D eigenvalue weighted by molar-refractivity contribution is 5.87. The van der Waals surface area contributed by atoms with Crippen molar-refractivity contribution in [2.45, 2.75) is 18.9 Å². The average Bonchev–Trinajstić information content (AvgIpc) is 2.72. The number of hydrogen-bond acceptors (Lipinski definition) is 4. The Morgan fingerprint density at radius 1 is 1.33 bits per heavy atom. The quantitative estimate of drug-likeness (QED) is 0.830. The summed E-state index contributed by atoms with van der Waals surface area (Å²) in [4.78, 5) is 14.2. The molecule has 1 aliphatic heterocycles. The molecule has 2 aromatic heterocycles. The molecule has 1 aliphatic carbocycles. The zero-order chi connectivity index (χ0) is 12.2. The molecule has 2 aromatic rings. The molecule has 1 saturated carbocycles. The molecular formula is C13H17N5. The lowest BCUT2D eigenvalue weighted by Gasteiger charge is -2.56. The van der Waals surface area contributed by atoms with Crippen molar-refractivity contribution in [2.24, 2.45) is 5.41 Å². The maximum Gasteiger partial charge on any atom is 0.142 e. The zero-order valence-electron chi connectivity index (χ0n) is 10.5. The molecule has 5 heteroatoms. The summed E-state index contributed by atoms with van der Waals surface area (Å²) in [7, 11) is 2.15. The van der Waals surface area contributed by atoms with Crippen LogP contribution in [0.4, 0.5) is 5.82 Å². The predicted octanol–water partition coefficient (Wildman–Crippen LogP) is 1.15. The Morgan fingerprint density at radius 3 is 2.89 bits per heavy atom. The van der Waals surface area contributed by atoms with Crippen LogP contribution in [0.25, 0.3) is 11.0 Å². The van der Waals surface area contributed by atoms with Gasteiger partial charge in [0.2, 0.25) is 0 Å². The Balaban J connectivity index is 1.61. The number of hydrogen-bond donors (Lipinski definition) is 2. The fourth-order valence-electron chi connectivity index (χ4n) is 3.29. The first-order valence-corrected chi connectivity index (χ1v) is 6.49. The number of nitrogens with zero attached hydrogens (tertiary/aromatic N) is 3. The van der Waals surface area contributed by atoms with Gasteiger partial charge < -0.3 is 15.2 Å². The second-order valence-electron chi connectivity index (χ2n) is 5.71. The van der Waals surface area contributed by atoms with Crippen molar-refractivity contribution in [3.63, 3.8) is 0 Å². The minimum absolute atomic E-state index is 0.600. The molecule has 94 valence electrons. The number of aromatic amines is 1. The van der Waals surface area contributed by atoms with Crippen LogP contribution < -0.4 is 10.2 Å². The topological polar surface area (TPSA) is 56.8 Å². The summed E-state index contributed by atoms with van der Waals surface area (Å²) in [5, 5.41) is 4.50. The summed E-state index contributed by atoms with van der Waals surface area (Å²) in [5.41, 5.74) is 1.52. The van der Waals surface area contributed by atoms with E-state index in [1.54, 1.807) is 6.33 Å². The van der Waals surface area contributed by atoms with Crippen LogP contribution in [-0.2, 0) is 0 Å². The maximum absolute atomic E-state index is 4.45. The van der Waals surface area contributed by atoms with E-state index in [2.05, 4.69) is 38.3 Å². The van der Waals surface area contributed by atoms with E-state index in [1.807, 2.05) is 6.20 Å². The smallest absolute Gasteiger partial charge is 0.142 e. The Bertz CT molecular complexity index is 578. The summed E-state index contributed by atoms with van der Waals surface area (Å²) < 4.78 is 0. The number of anilines is 1. The number of nitrogens with one attached hydrogen (secondary N) is 2. The van der Waals surface area contributed by atoms with Gasteiger partial charge in [-0.2, -0.15) is 0 Å². The molecule has 0 bridgehead atoms. The third kappa shape index (κ3) is 1.31. The van der Waals surface area contributed by atoms with Gasteiger partial charge in [0, 0.05) is 32.4 Å². The summed E-state index contributed by atoms with van der Waals surface area (Å²) in [6.07, 6.45) is 6.14. The Labute approximate surface area is 106 Å². The molecule has 2 fully saturated rings. The molecule has 0 radical (unpaired) electrons. The van der Waals surface area contributed by atoms with E-state index in [4.69, 9.17) is 0 Å². The van der Waals surface area contributed by atoms with E-state index in [0.29, 0.717) is 11.5 Å². The fourth-order valence-corrected chi connectivity index (χ4v) is 3.29. The highest BCUT2D eigenvalue weighted by atomic mass is 15.2. The minimum Gasteiger partial charge on any atom is -0.356 e. The Hall–Kier alpha value is -1.62. The van der Waals surface area contributed by atoms with E-state index in [-0.39, 0.29) is 0 Å². The number of fused-ring (bicyclic) bond motifs is 1. The van der Waals surface area contributed by atoms with Gasteiger partial charge in [-0.1, -0.05) is 0 Å². The van der Waals surface area contributed by atoms with Crippen molar-refractivity contribution in [1.82, 2.24) is 20.3 Å². The van der Waals surface area contributed by atoms with Gasteiger partial charge in [0.1, 0.15) is 17.8 Å². The van der Waals surface area contributed by atoms with Crippen LogP contribution in [0.5, 0.6) is 0 Å². The summed E-state index contributed by atoms with van der Waals surface area (Å²) in [6, 6.07) is 2.68. The van der Waals surface area contributed by atoms with Crippen molar-refractivity contribution >= 4 is 16.9 Å². The first-order valence-electron chi connectivity index (χ1n) is 6.49. The van der Waals surface area contributed by atoms with Gasteiger partial charge in [0.25, 0.3) is 0 Å². The van der Waals surface area contributed by atoms with Crippen molar-refractivity contribution in [3.05, 3.63) is 18.6 Å². The normalized spacial score (nSPS) is 21.8. The maximum atomic E-state index is 4.45. The summed E-state index contributed by atoms with van der Waals surface area (Å²) in [6.45, 7) is 2.39. The standard InChI is InChI=1S/C13H17N5/c1-18(9-4-13(5-9)6-14-7-13)12-10-2-3-15-11(10)16-8-17-12/h2-3,8-9,14H,4-7H2,1H3,(H,15,16,17). The second kappa shape index (κ2) is 3.45. The molecule has 0 aromatic carbocycles. The molecule has 2 aliphatic rings. The zero-order valence-corrected chi connectivity index (χ0v) is 10.5. The van der Waals surface area contributed by atoms with Gasteiger partial charge in [-0.25, -0.2) is 9.97 Å². The van der Waals surface area contributed by atoms with Gasteiger partial charge >= 0.3 is 0 Å².